The number of nitrogens with one attached hydrogen (secondary N) is 1. The van der Waals surface area contributed by atoms with E-state index in [1.54, 1.807) is 19.2 Å². The van der Waals surface area contributed by atoms with Crippen molar-refractivity contribution in [2.75, 3.05) is 7.05 Å². The zero-order chi connectivity index (χ0) is 14.3. The van der Waals surface area contributed by atoms with Gasteiger partial charge in [-0.2, -0.15) is 0 Å². The first kappa shape index (κ1) is 16.2. The van der Waals surface area contributed by atoms with Crippen molar-refractivity contribution in [2.45, 2.75) is 38.8 Å². The van der Waals surface area contributed by atoms with Crippen LogP contribution in [0.25, 0.3) is 0 Å². The van der Waals surface area contributed by atoms with E-state index in [4.69, 9.17) is 27.9 Å². The Kier molecular flexibility index (Phi) is 7.13. The molecule has 0 aliphatic carbocycles. The van der Waals surface area contributed by atoms with Crippen LogP contribution in [0.3, 0.4) is 0 Å². The van der Waals surface area contributed by atoms with Crippen molar-refractivity contribution in [1.82, 2.24) is 10.3 Å². The van der Waals surface area contributed by atoms with Crippen molar-refractivity contribution in [1.29, 1.82) is 0 Å². The molecule has 1 atom stereocenters. The summed E-state index contributed by atoms with van der Waals surface area (Å²) in [6.45, 7) is 2.23. The van der Waals surface area contributed by atoms with Gasteiger partial charge >= 0.3 is 5.97 Å². The maximum absolute atomic E-state index is 11.9. The molecular formula is C13H18Cl2N2O2. The number of pyridine rings is 1. The number of aromatic nitrogens is 1. The molecule has 1 heterocycles. The zero-order valence-corrected chi connectivity index (χ0v) is 12.6. The Hall–Kier alpha value is -0.840. The SMILES string of the molecule is CCCC[C@H](NC)C(=O)OCc1cc(Cl)nc(Cl)c1. The van der Waals surface area contributed by atoms with Gasteiger partial charge in [-0.15, -0.1) is 0 Å². The molecule has 0 saturated heterocycles. The second-order valence-corrected chi connectivity index (χ2v) is 4.99. The lowest BCUT2D eigenvalue weighted by atomic mass is 10.1. The van der Waals surface area contributed by atoms with Gasteiger partial charge in [0.15, 0.2) is 0 Å². The molecule has 1 rings (SSSR count). The summed E-state index contributed by atoms with van der Waals surface area (Å²) in [4.78, 5) is 15.7. The van der Waals surface area contributed by atoms with E-state index in [1.807, 2.05) is 0 Å². The lowest BCUT2D eigenvalue weighted by molar-refractivity contribution is -0.147. The maximum Gasteiger partial charge on any atom is 0.323 e. The van der Waals surface area contributed by atoms with E-state index in [2.05, 4.69) is 17.2 Å². The molecule has 0 spiro atoms. The average Bonchev–Trinajstić information content (AvgIpc) is 2.36. The largest absolute Gasteiger partial charge is 0.460 e. The fourth-order valence-corrected chi connectivity index (χ4v) is 2.15. The Bertz CT molecular complexity index is 407. The molecule has 1 N–H and O–H groups in total. The third-order valence-corrected chi connectivity index (χ3v) is 3.07. The van der Waals surface area contributed by atoms with Crippen molar-refractivity contribution in [3.8, 4) is 0 Å². The summed E-state index contributed by atoms with van der Waals surface area (Å²) in [5.41, 5.74) is 0.726. The number of hydrogen-bond acceptors (Lipinski definition) is 4. The lowest BCUT2D eigenvalue weighted by Crippen LogP contribution is -2.35. The maximum atomic E-state index is 11.9. The summed E-state index contributed by atoms with van der Waals surface area (Å²) >= 11 is 11.6. The fraction of sp³-hybridized carbons (Fsp3) is 0.538. The molecule has 0 unspecified atom stereocenters. The number of nitrogens with zero attached hydrogens (tertiary/aromatic N) is 1. The Morgan fingerprint density at radius 2 is 2.05 bits per heavy atom. The van der Waals surface area contributed by atoms with Crippen LogP contribution < -0.4 is 5.32 Å². The summed E-state index contributed by atoms with van der Waals surface area (Å²) < 4.78 is 5.24. The molecule has 4 nitrogen and oxygen atoms in total. The first-order valence-corrected chi connectivity index (χ1v) is 6.98. The van der Waals surface area contributed by atoms with Crippen LogP contribution in [0.5, 0.6) is 0 Å². The van der Waals surface area contributed by atoms with Gasteiger partial charge in [0.25, 0.3) is 0 Å². The predicted molar refractivity (Wildman–Crippen MR) is 76.4 cm³/mol. The summed E-state index contributed by atoms with van der Waals surface area (Å²) in [5.74, 6) is -0.264. The highest BCUT2D eigenvalue weighted by Crippen LogP contribution is 2.15. The molecule has 0 aliphatic rings. The third kappa shape index (κ3) is 5.76. The third-order valence-electron chi connectivity index (χ3n) is 2.68. The van der Waals surface area contributed by atoms with Crippen molar-refractivity contribution < 1.29 is 9.53 Å². The molecule has 0 aliphatic heterocycles. The number of carbonyl (C=O) groups excluding carboxylic acids is 1. The minimum Gasteiger partial charge on any atom is -0.460 e. The Morgan fingerprint density at radius 1 is 1.42 bits per heavy atom. The van der Waals surface area contributed by atoms with Crippen LogP contribution in [0.1, 0.15) is 31.7 Å². The second kappa shape index (κ2) is 8.35. The number of hydrogen-bond donors (Lipinski definition) is 1. The number of halogens is 2. The molecule has 19 heavy (non-hydrogen) atoms. The fourth-order valence-electron chi connectivity index (χ4n) is 1.64. The molecule has 0 amide bonds. The molecule has 0 saturated carbocycles. The highest BCUT2D eigenvalue weighted by atomic mass is 35.5. The standard InChI is InChI=1S/C13H18Cl2N2O2/c1-3-4-5-10(16-2)13(18)19-8-9-6-11(14)17-12(15)7-9/h6-7,10,16H,3-5,8H2,1-2H3/t10-/m0/s1. The Labute approximate surface area is 123 Å². The van der Waals surface area contributed by atoms with Crippen LogP contribution in [0.15, 0.2) is 12.1 Å². The van der Waals surface area contributed by atoms with E-state index in [0.717, 1.165) is 24.8 Å². The highest BCUT2D eigenvalue weighted by Gasteiger charge is 2.17. The summed E-state index contributed by atoms with van der Waals surface area (Å²) in [5, 5.41) is 3.53. The van der Waals surface area contributed by atoms with Crippen LogP contribution in [-0.4, -0.2) is 24.0 Å². The van der Waals surface area contributed by atoms with Crippen molar-refractivity contribution in [2.24, 2.45) is 0 Å². The van der Waals surface area contributed by atoms with Crippen LogP contribution in [0.4, 0.5) is 0 Å². The quantitative estimate of drug-likeness (QED) is 0.621. The lowest BCUT2D eigenvalue weighted by Gasteiger charge is -2.14. The van der Waals surface area contributed by atoms with Crippen molar-refractivity contribution >= 4 is 29.2 Å². The number of ether oxygens (including phenoxy) is 1. The molecule has 6 heteroatoms. The van der Waals surface area contributed by atoms with Gasteiger partial charge in [-0.25, -0.2) is 4.98 Å². The van der Waals surface area contributed by atoms with E-state index < -0.39 is 0 Å². The second-order valence-electron chi connectivity index (χ2n) is 4.21. The Balaban J connectivity index is 2.52. The first-order valence-electron chi connectivity index (χ1n) is 6.22. The van der Waals surface area contributed by atoms with Crippen molar-refractivity contribution in [3.05, 3.63) is 28.0 Å². The van der Waals surface area contributed by atoms with E-state index in [-0.39, 0.29) is 28.9 Å². The van der Waals surface area contributed by atoms with E-state index in [1.165, 1.54) is 0 Å². The van der Waals surface area contributed by atoms with Gasteiger partial charge in [0.1, 0.15) is 23.0 Å². The zero-order valence-electron chi connectivity index (χ0n) is 11.1. The van der Waals surface area contributed by atoms with Gasteiger partial charge in [-0.1, -0.05) is 43.0 Å². The summed E-state index contributed by atoms with van der Waals surface area (Å²) in [6.07, 6.45) is 2.79. The number of rotatable bonds is 7. The minimum absolute atomic E-state index is 0.144. The van der Waals surface area contributed by atoms with Crippen LogP contribution in [-0.2, 0) is 16.1 Å². The smallest absolute Gasteiger partial charge is 0.323 e. The molecule has 0 bridgehead atoms. The minimum atomic E-state index is -0.271. The van der Waals surface area contributed by atoms with Crippen molar-refractivity contribution in [3.63, 3.8) is 0 Å². The Morgan fingerprint density at radius 3 is 2.58 bits per heavy atom. The summed E-state index contributed by atoms with van der Waals surface area (Å²) in [6, 6.07) is 2.98. The van der Waals surface area contributed by atoms with E-state index >= 15 is 0 Å². The van der Waals surface area contributed by atoms with Gasteiger partial charge in [0.2, 0.25) is 0 Å². The average molecular weight is 305 g/mol. The van der Waals surface area contributed by atoms with E-state index in [0.29, 0.717) is 0 Å². The van der Waals surface area contributed by atoms with Crippen LogP contribution >= 0.6 is 23.2 Å². The monoisotopic (exact) mass is 304 g/mol. The van der Waals surface area contributed by atoms with Crippen LogP contribution in [0, 0.1) is 0 Å². The highest BCUT2D eigenvalue weighted by molar-refractivity contribution is 6.32. The molecular weight excluding hydrogens is 287 g/mol. The topological polar surface area (TPSA) is 51.2 Å². The summed E-state index contributed by atoms with van der Waals surface area (Å²) in [7, 11) is 1.75. The van der Waals surface area contributed by atoms with E-state index in [9.17, 15) is 4.79 Å². The van der Waals surface area contributed by atoms with Crippen LogP contribution in [0.2, 0.25) is 10.3 Å². The predicted octanol–water partition coefficient (Wildman–Crippen LogP) is 3.21. The number of esters is 1. The van der Waals surface area contributed by atoms with Gasteiger partial charge in [0, 0.05) is 0 Å². The van der Waals surface area contributed by atoms with Gasteiger partial charge < -0.3 is 10.1 Å². The molecule has 0 radical (unpaired) electrons. The number of likely N-dealkylation sites (N-methyl/N-ethyl adjacent to an activating group) is 1. The van der Waals surface area contributed by atoms with Gasteiger partial charge in [0.05, 0.1) is 0 Å². The molecule has 0 fully saturated rings. The number of unbranched alkanes of at least 4 members (excludes halogenated alkanes) is 1. The van der Waals surface area contributed by atoms with Gasteiger partial charge in [-0.3, -0.25) is 4.79 Å². The van der Waals surface area contributed by atoms with Gasteiger partial charge in [-0.05, 0) is 31.2 Å². The first-order chi connectivity index (χ1) is 9.06. The number of carbonyl (C=O) groups is 1. The molecule has 1 aromatic heterocycles. The normalized spacial score (nSPS) is 12.2. The molecule has 1 aromatic rings. The molecule has 106 valence electrons. The molecule has 0 aromatic carbocycles.